The molecule has 0 atom stereocenters. The highest BCUT2D eigenvalue weighted by molar-refractivity contribution is 7.89. The van der Waals surface area contributed by atoms with Gasteiger partial charge in [0, 0.05) is 30.2 Å². The molecule has 0 bridgehead atoms. The summed E-state index contributed by atoms with van der Waals surface area (Å²) in [5.74, 6) is -0.229. The van der Waals surface area contributed by atoms with E-state index in [1.165, 1.54) is 29.3 Å². The van der Waals surface area contributed by atoms with Gasteiger partial charge in [-0.2, -0.15) is 0 Å². The number of anilines is 1. The molecule has 1 aromatic heterocycles. The van der Waals surface area contributed by atoms with Crippen molar-refractivity contribution >= 4 is 32.5 Å². The maximum absolute atomic E-state index is 12.6. The number of fused-ring (bicyclic) bond motifs is 2. The third-order valence-corrected chi connectivity index (χ3v) is 6.78. The summed E-state index contributed by atoms with van der Waals surface area (Å²) in [6, 6.07) is 13.3. The Kier molecular flexibility index (Phi) is 5.69. The van der Waals surface area contributed by atoms with E-state index in [1.54, 1.807) is 12.1 Å². The summed E-state index contributed by atoms with van der Waals surface area (Å²) in [7, 11) is -3.77. The number of pyridine rings is 1. The van der Waals surface area contributed by atoms with Crippen LogP contribution in [-0.2, 0) is 27.7 Å². The Morgan fingerprint density at radius 2 is 1.87 bits per heavy atom. The monoisotopic (exact) mass is 425 g/mol. The van der Waals surface area contributed by atoms with Crippen LogP contribution in [-0.4, -0.2) is 25.9 Å². The van der Waals surface area contributed by atoms with E-state index in [0.29, 0.717) is 10.9 Å². The van der Waals surface area contributed by atoms with Crippen molar-refractivity contribution in [3.05, 3.63) is 70.0 Å². The SMILES string of the molecule is O=C(CCNS(=O)(=O)c1ccc2[nH]c(=O)ccc2c1)Nc1cccc2c1CCCC2. The van der Waals surface area contributed by atoms with Gasteiger partial charge in [-0.15, -0.1) is 0 Å². The van der Waals surface area contributed by atoms with Crippen LogP contribution in [0.3, 0.4) is 0 Å². The molecule has 0 saturated carbocycles. The molecule has 0 fully saturated rings. The smallest absolute Gasteiger partial charge is 0.248 e. The zero-order valence-electron chi connectivity index (χ0n) is 16.4. The number of sulfonamides is 1. The van der Waals surface area contributed by atoms with Crippen molar-refractivity contribution in [3.8, 4) is 0 Å². The number of aromatic nitrogens is 1. The van der Waals surface area contributed by atoms with Crippen molar-refractivity contribution in [3.63, 3.8) is 0 Å². The van der Waals surface area contributed by atoms with Crippen LogP contribution in [0.2, 0.25) is 0 Å². The molecule has 1 heterocycles. The largest absolute Gasteiger partial charge is 0.326 e. The van der Waals surface area contributed by atoms with Gasteiger partial charge in [0.05, 0.1) is 4.90 Å². The van der Waals surface area contributed by atoms with Gasteiger partial charge in [0.25, 0.3) is 0 Å². The summed E-state index contributed by atoms with van der Waals surface area (Å²) >= 11 is 0. The maximum Gasteiger partial charge on any atom is 0.248 e. The van der Waals surface area contributed by atoms with Gasteiger partial charge in [-0.05, 0) is 72.5 Å². The van der Waals surface area contributed by atoms with E-state index in [4.69, 9.17) is 0 Å². The first-order valence-electron chi connectivity index (χ1n) is 9.96. The number of carbonyl (C=O) groups excluding carboxylic acids is 1. The van der Waals surface area contributed by atoms with Crippen molar-refractivity contribution < 1.29 is 13.2 Å². The minimum absolute atomic E-state index is 0.00709. The van der Waals surface area contributed by atoms with Crippen LogP contribution in [0.5, 0.6) is 0 Å². The van der Waals surface area contributed by atoms with E-state index in [1.807, 2.05) is 12.1 Å². The van der Waals surface area contributed by atoms with Crippen LogP contribution >= 0.6 is 0 Å². The molecule has 1 aliphatic carbocycles. The fourth-order valence-electron chi connectivity index (χ4n) is 3.79. The van der Waals surface area contributed by atoms with Gasteiger partial charge >= 0.3 is 0 Å². The Balaban J connectivity index is 1.38. The first-order valence-corrected chi connectivity index (χ1v) is 11.4. The van der Waals surface area contributed by atoms with Crippen molar-refractivity contribution in [2.24, 2.45) is 0 Å². The van der Waals surface area contributed by atoms with Crippen molar-refractivity contribution in [2.75, 3.05) is 11.9 Å². The molecular weight excluding hydrogens is 402 g/mol. The van der Waals surface area contributed by atoms with Gasteiger partial charge in [-0.3, -0.25) is 9.59 Å². The first-order chi connectivity index (χ1) is 14.4. The van der Waals surface area contributed by atoms with Crippen LogP contribution in [0, 0.1) is 0 Å². The van der Waals surface area contributed by atoms with Crippen LogP contribution in [0.25, 0.3) is 10.9 Å². The van der Waals surface area contributed by atoms with Crippen LogP contribution in [0.15, 0.2) is 58.2 Å². The van der Waals surface area contributed by atoms with Gasteiger partial charge in [0.1, 0.15) is 0 Å². The normalized spacial score (nSPS) is 13.7. The minimum atomic E-state index is -3.77. The summed E-state index contributed by atoms with van der Waals surface area (Å²) in [5, 5.41) is 3.53. The van der Waals surface area contributed by atoms with E-state index in [2.05, 4.69) is 21.1 Å². The van der Waals surface area contributed by atoms with Crippen molar-refractivity contribution in [1.29, 1.82) is 0 Å². The molecule has 3 aromatic rings. The Labute approximate surface area is 174 Å². The van der Waals surface area contributed by atoms with E-state index in [-0.39, 0.29) is 29.3 Å². The molecule has 8 heteroatoms. The quantitative estimate of drug-likeness (QED) is 0.564. The molecule has 1 amide bonds. The van der Waals surface area contributed by atoms with E-state index < -0.39 is 10.0 Å². The number of benzene rings is 2. The second-order valence-electron chi connectivity index (χ2n) is 7.42. The van der Waals surface area contributed by atoms with Crippen LogP contribution < -0.4 is 15.6 Å². The molecule has 1 aliphatic rings. The maximum atomic E-state index is 12.6. The molecule has 0 saturated heterocycles. The number of H-pyrrole nitrogens is 1. The molecule has 0 aliphatic heterocycles. The van der Waals surface area contributed by atoms with Gasteiger partial charge in [0.15, 0.2) is 0 Å². The van der Waals surface area contributed by atoms with Crippen molar-refractivity contribution in [2.45, 2.75) is 37.0 Å². The van der Waals surface area contributed by atoms with Crippen molar-refractivity contribution in [1.82, 2.24) is 9.71 Å². The van der Waals surface area contributed by atoms with E-state index in [9.17, 15) is 18.0 Å². The number of amides is 1. The molecule has 4 rings (SSSR count). The van der Waals surface area contributed by atoms with Gasteiger partial charge in [-0.25, -0.2) is 13.1 Å². The van der Waals surface area contributed by atoms with Gasteiger partial charge in [-0.1, -0.05) is 12.1 Å². The lowest BCUT2D eigenvalue weighted by atomic mass is 9.90. The highest BCUT2D eigenvalue weighted by Crippen LogP contribution is 2.27. The number of hydrogen-bond donors (Lipinski definition) is 3. The van der Waals surface area contributed by atoms with E-state index >= 15 is 0 Å². The van der Waals surface area contributed by atoms with E-state index in [0.717, 1.165) is 31.4 Å². The summed E-state index contributed by atoms with van der Waals surface area (Å²) in [6.45, 7) is -0.00709. The molecule has 156 valence electrons. The third-order valence-electron chi connectivity index (χ3n) is 5.32. The Bertz CT molecular complexity index is 1260. The topological polar surface area (TPSA) is 108 Å². The summed E-state index contributed by atoms with van der Waals surface area (Å²) in [4.78, 5) is 26.4. The highest BCUT2D eigenvalue weighted by Gasteiger charge is 2.17. The second-order valence-corrected chi connectivity index (χ2v) is 9.18. The molecule has 7 nitrogen and oxygen atoms in total. The number of nitrogens with one attached hydrogen (secondary N) is 3. The molecule has 2 aromatic carbocycles. The zero-order chi connectivity index (χ0) is 21.1. The average molecular weight is 426 g/mol. The number of hydrogen-bond acceptors (Lipinski definition) is 4. The molecule has 0 spiro atoms. The average Bonchev–Trinajstić information content (AvgIpc) is 2.73. The number of aromatic amines is 1. The Morgan fingerprint density at radius 3 is 2.73 bits per heavy atom. The summed E-state index contributed by atoms with van der Waals surface area (Å²) in [6.07, 6.45) is 4.28. The fourth-order valence-corrected chi connectivity index (χ4v) is 4.86. The number of rotatable bonds is 6. The molecule has 0 radical (unpaired) electrons. The Hall–Kier alpha value is -2.97. The lowest BCUT2D eigenvalue weighted by Gasteiger charge is -2.19. The molecule has 30 heavy (non-hydrogen) atoms. The number of aryl methyl sites for hydroxylation is 1. The van der Waals surface area contributed by atoms with Gasteiger partial charge < -0.3 is 10.3 Å². The standard InChI is InChI=1S/C22H23N3O4S/c26-21-11-8-16-14-17(9-10-19(16)24-21)30(28,29)23-13-12-22(27)25-20-7-3-5-15-4-1-2-6-18(15)20/h3,5,7-11,14,23H,1-2,4,6,12-13H2,(H,24,26)(H,25,27). The Morgan fingerprint density at radius 1 is 1.03 bits per heavy atom. The van der Waals surface area contributed by atoms with Gasteiger partial charge in [0.2, 0.25) is 21.5 Å². The number of carbonyl (C=O) groups is 1. The lowest BCUT2D eigenvalue weighted by Crippen LogP contribution is -2.28. The summed E-state index contributed by atoms with van der Waals surface area (Å²) in [5.41, 5.74) is 3.60. The minimum Gasteiger partial charge on any atom is -0.326 e. The zero-order valence-corrected chi connectivity index (χ0v) is 17.2. The predicted octanol–water partition coefficient (Wildman–Crippen LogP) is 2.71. The fraction of sp³-hybridized carbons (Fsp3) is 0.273. The predicted molar refractivity (Wildman–Crippen MR) is 116 cm³/mol. The molecule has 0 unspecified atom stereocenters. The lowest BCUT2D eigenvalue weighted by molar-refractivity contribution is -0.116. The summed E-state index contributed by atoms with van der Waals surface area (Å²) < 4.78 is 27.6. The molecular formula is C22H23N3O4S. The van der Waals surface area contributed by atoms with Crippen LogP contribution in [0.4, 0.5) is 5.69 Å². The second kappa shape index (κ2) is 8.41. The molecule has 3 N–H and O–H groups in total. The third kappa shape index (κ3) is 4.44. The highest BCUT2D eigenvalue weighted by atomic mass is 32.2. The first kappa shape index (κ1) is 20.3. The van der Waals surface area contributed by atoms with Crippen LogP contribution in [0.1, 0.15) is 30.4 Å².